The Balaban J connectivity index is 1.35. The summed E-state index contributed by atoms with van der Waals surface area (Å²) in [5, 5.41) is 2.97. The third-order valence-corrected chi connectivity index (χ3v) is 4.60. The number of H-pyrrole nitrogens is 1. The fourth-order valence-electron chi connectivity index (χ4n) is 3.30. The summed E-state index contributed by atoms with van der Waals surface area (Å²) in [7, 11) is 0. The molecule has 1 aliphatic rings. The van der Waals surface area contributed by atoms with Gasteiger partial charge in [0.05, 0.1) is 17.6 Å². The van der Waals surface area contributed by atoms with Gasteiger partial charge in [0.25, 0.3) is 0 Å². The molecule has 3 heterocycles. The highest BCUT2D eigenvalue weighted by molar-refractivity contribution is 5.94. The van der Waals surface area contributed by atoms with Gasteiger partial charge in [-0.1, -0.05) is 6.08 Å². The van der Waals surface area contributed by atoms with E-state index in [1.807, 2.05) is 44.2 Å². The number of aromatic amines is 1. The van der Waals surface area contributed by atoms with Crippen LogP contribution in [0.2, 0.25) is 0 Å². The van der Waals surface area contributed by atoms with Gasteiger partial charge in [0.15, 0.2) is 0 Å². The van der Waals surface area contributed by atoms with Crippen molar-refractivity contribution in [1.29, 1.82) is 0 Å². The first-order valence-electron chi connectivity index (χ1n) is 8.81. The fraction of sp³-hybridized carbons (Fsp3) is 0.300. The first-order valence-corrected chi connectivity index (χ1v) is 8.81. The number of carbonyl (C=O) groups excluding carboxylic acids is 1. The summed E-state index contributed by atoms with van der Waals surface area (Å²) < 4.78 is 5.68. The number of nitrogens with one attached hydrogen (secondary N) is 2. The van der Waals surface area contributed by atoms with Crippen LogP contribution in [0, 0.1) is 13.8 Å². The number of furan rings is 1. The van der Waals surface area contributed by atoms with E-state index in [0.717, 1.165) is 53.6 Å². The number of nitrogens with zero attached hydrogens (tertiary/aromatic N) is 2. The summed E-state index contributed by atoms with van der Waals surface area (Å²) in [5.41, 5.74) is 3.84. The number of aryl methyl sites for hydroxylation is 2. The number of imidazole rings is 1. The monoisotopic (exact) mass is 350 g/mol. The maximum absolute atomic E-state index is 12.4. The SMILES string of the molecule is Cc1nc2ccc(NC(=O)CN3CC=C(c4ccc(C)o4)CC3)cc2[nH]1. The second kappa shape index (κ2) is 6.80. The molecule has 4 rings (SSSR count). The molecular formula is C20H22N4O2. The van der Waals surface area contributed by atoms with Crippen molar-refractivity contribution in [1.82, 2.24) is 14.9 Å². The number of anilines is 1. The number of hydrogen-bond donors (Lipinski definition) is 2. The van der Waals surface area contributed by atoms with Crippen LogP contribution in [0.5, 0.6) is 0 Å². The molecule has 26 heavy (non-hydrogen) atoms. The van der Waals surface area contributed by atoms with E-state index in [4.69, 9.17) is 4.42 Å². The van der Waals surface area contributed by atoms with Gasteiger partial charge in [-0.15, -0.1) is 0 Å². The zero-order valence-electron chi connectivity index (χ0n) is 15.0. The van der Waals surface area contributed by atoms with Gasteiger partial charge < -0.3 is 14.7 Å². The number of carbonyl (C=O) groups is 1. The van der Waals surface area contributed by atoms with E-state index in [9.17, 15) is 4.79 Å². The molecule has 0 saturated carbocycles. The van der Waals surface area contributed by atoms with Gasteiger partial charge in [0.2, 0.25) is 5.91 Å². The van der Waals surface area contributed by atoms with Gasteiger partial charge in [-0.25, -0.2) is 4.98 Å². The first kappa shape index (κ1) is 16.6. The summed E-state index contributed by atoms with van der Waals surface area (Å²) in [6.07, 6.45) is 3.04. The van der Waals surface area contributed by atoms with Crippen molar-refractivity contribution in [3.8, 4) is 0 Å². The molecule has 2 aromatic heterocycles. The van der Waals surface area contributed by atoms with Crippen LogP contribution in [-0.4, -0.2) is 40.4 Å². The van der Waals surface area contributed by atoms with E-state index in [1.165, 1.54) is 5.57 Å². The van der Waals surface area contributed by atoms with Crippen LogP contribution in [0.15, 0.2) is 40.8 Å². The molecule has 2 N–H and O–H groups in total. The average molecular weight is 350 g/mol. The molecule has 0 bridgehead atoms. The van der Waals surface area contributed by atoms with Crippen molar-refractivity contribution < 1.29 is 9.21 Å². The Labute approximate surface area is 151 Å². The van der Waals surface area contributed by atoms with Crippen molar-refractivity contribution in [3.05, 3.63) is 53.8 Å². The predicted octanol–water partition coefficient (Wildman–Crippen LogP) is 3.50. The Morgan fingerprint density at radius 3 is 2.92 bits per heavy atom. The van der Waals surface area contributed by atoms with Gasteiger partial charge in [0, 0.05) is 18.8 Å². The minimum Gasteiger partial charge on any atom is -0.462 e. The van der Waals surface area contributed by atoms with Gasteiger partial charge in [0.1, 0.15) is 17.3 Å². The van der Waals surface area contributed by atoms with Crippen LogP contribution in [0.25, 0.3) is 16.6 Å². The Hall–Kier alpha value is -2.86. The Bertz CT molecular complexity index is 983. The second-order valence-corrected chi connectivity index (χ2v) is 6.73. The lowest BCUT2D eigenvalue weighted by molar-refractivity contribution is -0.117. The summed E-state index contributed by atoms with van der Waals surface area (Å²) in [6, 6.07) is 9.70. The maximum atomic E-state index is 12.4. The summed E-state index contributed by atoms with van der Waals surface area (Å²) >= 11 is 0. The smallest absolute Gasteiger partial charge is 0.238 e. The van der Waals surface area contributed by atoms with Crippen LogP contribution in [0.3, 0.4) is 0 Å². The van der Waals surface area contributed by atoms with Crippen LogP contribution in [-0.2, 0) is 4.79 Å². The molecule has 0 spiro atoms. The lowest BCUT2D eigenvalue weighted by Gasteiger charge is -2.25. The van der Waals surface area contributed by atoms with Crippen LogP contribution < -0.4 is 5.32 Å². The van der Waals surface area contributed by atoms with Crippen molar-refractivity contribution in [2.75, 3.05) is 25.0 Å². The Morgan fingerprint density at radius 2 is 2.19 bits per heavy atom. The third kappa shape index (κ3) is 3.55. The van der Waals surface area contributed by atoms with E-state index in [-0.39, 0.29) is 5.91 Å². The lowest BCUT2D eigenvalue weighted by atomic mass is 10.1. The van der Waals surface area contributed by atoms with Crippen molar-refractivity contribution in [2.24, 2.45) is 0 Å². The molecule has 0 saturated heterocycles. The number of rotatable bonds is 4. The minimum atomic E-state index is -0.00807. The number of hydrogen-bond acceptors (Lipinski definition) is 4. The second-order valence-electron chi connectivity index (χ2n) is 6.73. The Kier molecular flexibility index (Phi) is 4.34. The standard InChI is InChI=1S/C20H22N4O2/c1-13-3-6-19(26-13)15-7-9-24(10-8-15)12-20(25)23-16-4-5-17-18(11-16)22-14(2)21-17/h3-7,11H,8-10,12H2,1-2H3,(H,21,22)(H,23,25). The topological polar surface area (TPSA) is 74.2 Å². The predicted molar refractivity (Wildman–Crippen MR) is 102 cm³/mol. The molecule has 1 aromatic carbocycles. The van der Waals surface area contributed by atoms with Gasteiger partial charge in [-0.3, -0.25) is 9.69 Å². The molecule has 0 aliphatic carbocycles. The molecule has 0 atom stereocenters. The fourth-order valence-corrected chi connectivity index (χ4v) is 3.30. The molecule has 3 aromatic rings. The third-order valence-electron chi connectivity index (χ3n) is 4.60. The first-order chi connectivity index (χ1) is 12.6. The van der Waals surface area contributed by atoms with Crippen LogP contribution >= 0.6 is 0 Å². The van der Waals surface area contributed by atoms with Crippen molar-refractivity contribution in [3.63, 3.8) is 0 Å². The molecular weight excluding hydrogens is 328 g/mol. The van der Waals surface area contributed by atoms with Crippen molar-refractivity contribution >= 4 is 28.2 Å². The highest BCUT2D eigenvalue weighted by Crippen LogP contribution is 2.24. The summed E-state index contributed by atoms with van der Waals surface area (Å²) in [4.78, 5) is 22.0. The van der Waals surface area contributed by atoms with Gasteiger partial charge in [-0.2, -0.15) is 0 Å². The van der Waals surface area contributed by atoms with Crippen LogP contribution in [0.4, 0.5) is 5.69 Å². The van der Waals surface area contributed by atoms with Gasteiger partial charge >= 0.3 is 0 Å². The zero-order chi connectivity index (χ0) is 18.1. The number of fused-ring (bicyclic) bond motifs is 1. The molecule has 0 unspecified atom stereocenters. The summed E-state index contributed by atoms with van der Waals surface area (Å²) in [6.45, 7) is 5.84. The maximum Gasteiger partial charge on any atom is 0.238 e. The lowest BCUT2D eigenvalue weighted by Crippen LogP contribution is -2.36. The highest BCUT2D eigenvalue weighted by Gasteiger charge is 2.17. The zero-order valence-corrected chi connectivity index (χ0v) is 15.0. The molecule has 0 fully saturated rings. The quantitative estimate of drug-likeness (QED) is 0.755. The van der Waals surface area contributed by atoms with E-state index >= 15 is 0 Å². The minimum absolute atomic E-state index is 0.00807. The summed E-state index contributed by atoms with van der Waals surface area (Å²) in [5.74, 6) is 2.72. The average Bonchev–Trinajstić information content (AvgIpc) is 3.20. The molecule has 1 aliphatic heterocycles. The van der Waals surface area contributed by atoms with E-state index < -0.39 is 0 Å². The molecule has 134 valence electrons. The van der Waals surface area contributed by atoms with E-state index in [1.54, 1.807) is 0 Å². The Morgan fingerprint density at radius 1 is 1.31 bits per heavy atom. The normalized spacial score (nSPS) is 15.2. The van der Waals surface area contributed by atoms with Crippen molar-refractivity contribution in [2.45, 2.75) is 20.3 Å². The molecule has 6 nitrogen and oxygen atoms in total. The number of aromatic nitrogens is 2. The highest BCUT2D eigenvalue weighted by atomic mass is 16.3. The number of benzene rings is 1. The van der Waals surface area contributed by atoms with Gasteiger partial charge in [-0.05, 0) is 56.2 Å². The largest absolute Gasteiger partial charge is 0.462 e. The van der Waals surface area contributed by atoms with Crippen LogP contribution in [0.1, 0.15) is 23.8 Å². The number of amides is 1. The van der Waals surface area contributed by atoms with E-state index in [2.05, 4.69) is 26.3 Å². The molecule has 0 radical (unpaired) electrons. The molecule has 6 heteroatoms. The van der Waals surface area contributed by atoms with E-state index in [0.29, 0.717) is 6.54 Å². The molecule has 1 amide bonds.